The number of fused-ring (bicyclic) bond motifs is 5. The van der Waals surface area contributed by atoms with E-state index in [1.807, 2.05) is 72.2 Å². The third kappa shape index (κ3) is 17.3. The number of para-hydroxylation sites is 1. The summed E-state index contributed by atoms with van der Waals surface area (Å²) in [6, 6.07) is 30.6. The third-order valence-corrected chi connectivity index (χ3v) is 28.6. The third-order valence-electron chi connectivity index (χ3n) is 20.3. The van der Waals surface area contributed by atoms with E-state index in [1.165, 1.54) is 72.7 Å². The van der Waals surface area contributed by atoms with Gasteiger partial charge in [0.25, 0.3) is 0 Å². The number of nitrogens with one attached hydrogen (secondary N) is 5. The smallest absolute Gasteiger partial charge is 0.216 e. The van der Waals surface area contributed by atoms with Crippen LogP contribution in [0.2, 0.25) is 5.02 Å². The lowest BCUT2D eigenvalue weighted by Crippen LogP contribution is -2.39. The minimum Gasteiger partial charge on any atom is -0.361 e. The van der Waals surface area contributed by atoms with Crippen molar-refractivity contribution in [1.82, 2.24) is 46.4 Å². The van der Waals surface area contributed by atoms with Crippen LogP contribution in [-0.2, 0) is 48.9 Å². The van der Waals surface area contributed by atoms with Gasteiger partial charge in [0, 0.05) is 237 Å². The van der Waals surface area contributed by atoms with Crippen molar-refractivity contribution < 1.29 is 34.0 Å². The molecule has 3 fully saturated rings. The SMILES string of the molecule is C=S(C)(=O)N1CC=C(c2c[nH]c3cc(Cl)ccc23)CC1.C=S(C)(=O)N1CC=C(c2c[nH]c3ccc(F)cc23)CC1.C=S(C)(=O)N1CC=C(c2c[nH]c3cccc(F)c23)CC1.C=S(C)(=O)N1CCC(c2c[nH]c3ccc(C)cc23)CC1.O=S(=O)(C1CC1)N1CCC(c2c[nH]c3ccccc23)CC1. The fourth-order valence-electron chi connectivity index (χ4n) is 14.4. The summed E-state index contributed by atoms with van der Waals surface area (Å²) in [6.07, 6.45) is 31.1. The van der Waals surface area contributed by atoms with Crippen molar-refractivity contribution in [3.8, 4) is 0 Å². The molecule has 1 aliphatic carbocycles. The molecule has 2 saturated heterocycles. The molecule has 5 aliphatic heterocycles. The molecule has 0 spiro atoms. The molecular weight excluding hydrogens is 1390 g/mol. The van der Waals surface area contributed by atoms with E-state index in [1.54, 1.807) is 47.5 Å². The summed E-state index contributed by atoms with van der Waals surface area (Å²) < 4.78 is 109. The first-order valence-electron chi connectivity index (χ1n) is 34.3. The Morgan fingerprint density at radius 1 is 0.426 bits per heavy atom. The molecule has 4 atom stereocenters. The van der Waals surface area contributed by atoms with Gasteiger partial charge in [-0.25, -0.2) is 38.7 Å². The first-order valence-corrected chi connectivity index (χ1v) is 44.5. The summed E-state index contributed by atoms with van der Waals surface area (Å²) in [5.41, 5.74) is 15.9. The molecular formula is C77H93ClF2N10O6S5. The van der Waals surface area contributed by atoms with Crippen LogP contribution in [0.4, 0.5) is 8.78 Å². The summed E-state index contributed by atoms with van der Waals surface area (Å²) in [5, 5.41) is 5.99. The summed E-state index contributed by atoms with van der Waals surface area (Å²) in [7, 11) is -11.5. The minimum absolute atomic E-state index is 0.0814. The van der Waals surface area contributed by atoms with Gasteiger partial charge in [-0.15, -0.1) is 0 Å². The van der Waals surface area contributed by atoms with Crippen molar-refractivity contribution in [3.05, 3.63) is 196 Å². The maximum Gasteiger partial charge on any atom is 0.216 e. The van der Waals surface area contributed by atoms with Gasteiger partial charge in [-0.2, -0.15) is 0 Å². The molecule has 538 valence electrons. The van der Waals surface area contributed by atoms with Crippen LogP contribution in [0.15, 0.2) is 146 Å². The lowest BCUT2D eigenvalue weighted by Gasteiger charge is -2.32. The molecule has 101 heavy (non-hydrogen) atoms. The van der Waals surface area contributed by atoms with E-state index in [2.05, 4.69) is 116 Å². The van der Waals surface area contributed by atoms with Crippen LogP contribution in [0.25, 0.3) is 71.2 Å². The van der Waals surface area contributed by atoms with Gasteiger partial charge in [-0.05, 0) is 189 Å². The van der Waals surface area contributed by atoms with Gasteiger partial charge in [0.1, 0.15) is 11.6 Å². The molecule has 10 aromatic rings. The number of H-pyrrole nitrogens is 5. The van der Waals surface area contributed by atoms with E-state index in [9.17, 15) is 34.0 Å². The summed E-state index contributed by atoms with van der Waals surface area (Å²) >= 11 is 6.00. The molecule has 24 heteroatoms. The Morgan fingerprint density at radius 3 is 1.43 bits per heavy atom. The van der Waals surface area contributed by atoms with Crippen LogP contribution < -0.4 is 0 Å². The number of benzene rings is 5. The molecule has 0 radical (unpaired) electrons. The summed E-state index contributed by atoms with van der Waals surface area (Å²) in [4.78, 5) is 16.2. The number of halogens is 3. The largest absolute Gasteiger partial charge is 0.361 e. The highest BCUT2D eigenvalue weighted by molar-refractivity contribution is 7.98. The Morgan fingerprint density at radius 2 is 0.881 bits per heavy atom. The topological polar surface area (TPSA) is 198 Å². The van der Waals surface area contributed by atoms with E-state index in [4.69, 9.17) is 11.6 Å². The zero-order valence-corrected chi connectivity index (χ0v) is 63.1. The summed E-state index contributed by atoms with van der Waals surface area (Å²) in [6.45, 7) is 9.31. The van der Waals surface area contributed by atoms with Crippen molar-refractivity contribution in [3.63, 3.8) is 0 Å². The number of aryl methyl sites for hydroxylation is 1. The molecule has 16 nitrogen and oxygen atoms in total. The predicted octanol–water partition coefficient (Wildman–Crippen LogP) is 14.2. The molecule has 4 unspecified atom stereocenters. The number of nitrogens with zero attached hydrogens (tertiary/aromatic N) is 5. The van der Waals surface area contributed by atoms with Gasteiger partial charge < -0.3 is 24.9 Å². The fraction of sp³-hybridized carbons (Fsp3) is 0.351. The van der Waals surface area contributed by atoms with Gasteiger partial charge in [-0.1, -0.05) is 71.8 Å². The Kier molecular flexibility index (Phi) is 22.2. The maximum atomic E-state index is 14.0. The van der Waals surface area contributed by atoms with E-state index >= 15 is 0 Å². The van der Waals surface area contributed by atoms with Crippen LogP contribution in [0.1, 0.15) is 103 Å². The van der Waals surface area contributed by atoms with Crippen molar-refractivity contribution in [2.45, 2.75) is 81.8 Å². The van der Waals surface area contributed by atoms with Gasteiger partial charge in [0.05, 0.1) is 5.25 Å². The number of rotatable bonds is 11. The lowest BCUT2D eigenvalue weighted by atomic mass is 9.90. The summed E-state index contributed by atoms with van der Waals surface area (Å²) in [5.74, 6) is 15.5. The predicted molar refractivity (Wildman–Crippen MR) is 427 cm³/mol. The second-order valence-electron chi connectivity index (χ2n) is 27.8. The van der Waals surface area contributed by atoms with Crippen LogP contribution in [0.3, 0.4) is 0 Å². The first kappa shape index (κ1) is 73.7. The first-order chi connectivity index (χ1) is 48.0. The quantitative estimate of drug-likeness (QED) is 0.0799. The zero-order chi connectivity index (χ0) is 71.8. The monoisotopic (exact) mass is 1490 g/mol. The van der Waals surface area contributed by atoms with Crippen LogP contribution in [0.5, 0.6) is 0 Å². The zero-order valence-electron chi connectivity index (χ0n) is 58.2. The molecule has 0 amide bonds. The number of hydrogen-bond acceptors (Lipinski definition) is 6. The number of piperidine rings is 2. The van der Waals surface area contributed by atoms with Gasteiger partial charge in [0.2, 0.25) is 10.0 Å². The number of hydrogen-bond donors (Lipinski definition) is 5. The van der Waals surface area contributed by atoms with Gasteiger partial charge in [-0.3, -0.25) is 16.8 Å². The van der Waals surface area contributed by atoms with Gasteiger partial charge in [0.15, 0.2) is 0 Å². The Balaban J connectivity index is 0.000000119. The van der Waals surface area contributed by atoms with Crippen molar-refractivity contribution in [2.75, 3.05) is 90.5 Å². The number of aromatic amines is 5. The van der Waals surface area contributed by atoms with Crippen molar-refractivity contribution >= 4 is 155 Å². The second-order valence-corrected chi connectivity index (χ2v) is 40.2. The fourth-order valence-corrected chi connectivity index (χ4v) is 20.1. The van der Waals surface area contributed by atoms with Crippen molar-refractivity contribution in [2.24, 2.45) is 0 Å². The highest BCUT2D eigenvalue weighted by Gasteiger charge is 2.41. The highest BCUT2D eigenvalue weighted by Crippen LogP contribution is 2.40. The highest BCUT2D eigenvalue weighted by atomic mass is 35.5. The molecule has 10 heterocycles. The van der Waals surface area contributed by atoms with E-state index in [-0.39, 0.29) is 16.9 Å². The normalized spacial score (nSPS) is 20.5. The van der Waals surface area contributed by atoms with Crippen LogP contribution >= 0.6 is 11.6 Å². The molecule has 6 aliphatic rings. The second kappa shape index (κ2) is 30.4. The van der Waals surface area contributed by atoms with E-state index in [0.29, 0.717) is 63.0 Å². The van der Waals surface area contributed by atoms with Crippen molar-refractivity contribution in [1.29, 1.82) is 0 Å². The molecule has 16 rings (SSSR count). The van der Waals surface area contributed by atoms with Crippen LogP contribution in [0, 0.1) is 18.6 Å². The van der Waals surface area contributed by atoms with Gasteiger partial charge >= 0.3 is 0 Å². The average Bonchev–Trinajstić information content (AvgIpc) is 1.62. The maximum absolute atomic E-state index is 14.0. The molecule has 5 aromatic heterocycles. The number of sulfonamides is 1. The molecule has 5 N–H and O–H groups in total. The number of aromatic nitrogens is 5. The lowest BCUT2D eigenvalue weighted by molar-refractivity contribution is 0.320. The molecule has 0 bridgehead atoms. The van der Waals surface area contributed by atoms with E-state index < -0.39 is 48.9 Å². The Bertz CT molecular complexity index is 5400. The Hall–Kier alpha value is -7.00. The standard InChI is InChI=1S/C16H20N2O2S.C16H22N2OS.C15H17ClN2OS.2C15H17FN2OS/c19-21(20,13-5-6-13)18-9-7-12(8-10-18)15-11-17-16-4-2-1-3-14(15)16;1-12-4-5-16-14(10-12)15(11-17-16)13-6-8-18(9-7-13)20(2,3)19;1-20(2,19)18-7-5-11(6-8-18)14-10-17-15-9-12(16)3-4-13(14)15;1-20(2,19)18-7-5-11(6-8-18)14-10-17-15-4-3-12(16)9-13(14)15;1-20(2,19)18-8-6-11(7-9-18)12-10-17-14-5-3-4-13(16)15(12)14/h1-4,11-13,17H,5-10H2;4-5,10-11,13,17H,2,6-9H2,1,3H3;2*3-5,9-10,17H,1,6-8H2,2H3;3-6,10,17H,1,7-9H2,2H3. The minimum atomic E-state index is -3.00. The average molecular weight is 1490 g/mol. The molecule has 1 saturated carbocycles. The van der Waals surface area contributed by atoms with E-state index in [0.717, 1.165) is 121 Å². The molecule has 5 aromatic carbocycles. The Labute approximate surface area is 599 Å². The van der Waals surface area contributed by atoms with Crippen LogP contribution in [-0.4, -0.2) is 191 Å².